The van der Waals surface area contributed by atoms with E-state index in [-0.39, 0.29) is 0 Å². The summed E-state index contributed by atoms with van der Waals surface area (Å²) >= 11 is 0. The Bertz CT molecular complexity index is 333. The van der Waals surface area contributed by atoms with E-state index in [1.807, 2.05) is 0 Å². The highest BCUT2D eigenvalue weighted by Gasteiger charge is 2.10. The second-order valence-electron chi connectivity index (χ2n) is 5.57. The van der Waals surface area contributed by atoms with Crippen LogP contribution in [0.3, 0.4) is 0 Å². The smallest absolute Gasteiger partial charge is 0.118 e. The molecule has 0 aromatic carbocycles. The highest BCUT2D eigenvalue weighted by Crippen LogP contribution is 2.12. The zero-order valence-electron chi connectivity index (χ0n) is 12.5. The number of hydrogen-bond acceptors (Lipinski definition) is 3. The van der Waals surface area contributed by atoms with Crippen LogP contribution in [-0.4, -0.2) is 24.5 Å². The average Bonchev–Trinajstić information content (AvgIpc) is 2.75. The van der Waals surface area contributed by atoms with E-state index in [1.54, 1.807) is 0 Å². The molecule has 104 valence electrons. The van der Waals surface area contributed by atoms with Crippen LogP contribution < -0.4 is 5.32 Å². The third-order valence-electron chi connectivity index (χ3n) is 3.32. The Kier molecular flexibility index (Phi) is 6.44. The molecule has 3 nitrogen and oxygen atoms in total. The van der Waals surface area contributed by atoms with Gasteiger partial charge in [0.15, 0.2) is 0 Å². The van der Waals surface area contributed by atoms with Crippen molar-refractivity contribution in [3.05, 3.63) is 23.7 Å². The Balaban J connectivity index is 2.38. The number of furan rings is 1. The molecule has 0 saturated heterocycles. The van der Waals surface area contributed by atoms with Gasteiger partial charge < -0.3 is 9.73 Å². The SMILES string of the molecule is CCC(C)N(C)Cc1ccc(CNCC(C)C)o1. The fraction of sp³-hybridized carbons (Fsp3) is 0.733. The van der Waals surface area contributed by atoms with E-state index in [2.05, 4.69) is 57.1 Å². The molecule has 0 bridgehead atoms. The molecule has 1 aromatic rings. The van der Waals surface area contributed by atoms with Gasteiger partial charge in [-0.1, -0.05) is 20.8 Å². The third kappa shape index (κ3) is 5.23. The van der Waals surface area contributed by atoms with Crippen molar-refractivity contribution in [1.82, 2.24) is 10.2 Å². The van der Waals surface area contributed by atoms with Crippen molar-refractivity contribution < 1.29 is 4.42 Å². The van der Waals surface area contributed by atoms with Gasteiger partial charge in [-0.3, -0.25) is 4.90 Å². The molecule has 1 unspecified atom stereocenters. The van der Waals surface area contributed by atoms with Gasteiger partial charge in [-0.05, 0) is 45.0 Å². The maximum absolute atomic E-state index is 5.83. The summed E-state index contributed by atoms with van der Waals surface area (Å²) in [6.07, 6.45) is 1.17. The molecule has 0 saturated carbocycles. The van der Waals surface area contributed by atoms with Crippen molar-refractivity contribution in [3.8, 4) is 0 Å². The minimum absolute atomic E-state index is 0.595. The first-order valence-corrected chi connectivity index (χ1v) is 7.01. The molecular formula is C15H28N2O. The normalized spacial score (nSPS) is 13.5. The molecule has 0 aliphatic carbocycles. The van der Waals surface area contributed by atoms with E-state index in [0.29, 0.717) is 12.0 Å². The topological polar surface area (TPSA) is 28.4 Å². The van der Waals surface area contributed by atoms with Gasteiger partial charge in [-0.2, -0.15) is 0 Å². The Morgan fingerprint density at radius 3 is 2.50 bits per heavy atom. The molecule has 18 heavy (non-hydrogen) atoms. The lowest BCUT2D eigenvalue weighted by atomic mass is 10.2. The Hall–Kier alpha value is -0.800. The molecule has 1 aromatic heterocycles. The third-order valence-corrected chi connectivity index (χ3v) is 3.32. The summed E-state index contributed by atoms with van der Waals surface area (Å²) < 4.78 is 5.83. The summed E-state index contributed by atoms with van der Waals surface area (Å²) in [7, 11) is 2.15. The summed E-state index contributed by atoms with van der Waals surface area (Å²) in [4.78, 5) is 2.32. The van der Waals surface area contributed by atoms with Gasteiger partial charge >= 0.3 is 0 Å². The van der Waals surface area contributed by atoms with Gasteiger partial charge in [0.1, 0.15) is 11.5 Å². The predicted octanol–water partition coefficient (Wildman–Crippen LogP) is 3.26. The molecule has 1 atom stereocenters. The van der Waals surface area contributed by atoms with Crippen LogP contribution in [-0.2, 0) is 13.1 Å². The minimum Gasteiger partial charge on any atom is -0.463 e. The van der Waals surface area contributed by atoms with Gasteiger partial charge in [0, 0.05) is 6.04 Å². The van der Waals surface area contributed by atoms with Crippen LogP contribution in [0.2, 0.25) is 0 Å². The van der Waals surface area contributed by atoms with Crippen LogP contribution in [0.1, 0.15) is 45.6 Å². The zero-order valence-corrected chi connectivity index (χ0v) is 12.5. The first-order chi connectivity index (χ1) is 8.52. The van der Waals surface area contributed by atoms with E-state index in [0.717, 1.165) is 31.2 Å². The predicted molar refractivity (Wildman–Crippen MR) is 76.5 cm³/mol. The van der Waals surface area contributed by atoms with E-state index in [1.165, 1.54) is 6.42 Å². The molecular weight excluding hydrogens is 224 g/mol. The van der Waals surface area contributed by atoms with Crippen molar-refractivity contribution >= 4 is 0 Å². The lowest BCUT2D eigenvalue weighted by molar-refractivity contribution is 0.222. The second kappa shape index (κ2) is 7.59. The lowest BCUT2D eigenvalue weighted by Crippen LogP contribution is -2.27. The molecule has 0 amide bonds. The number of rotatable bonds is 8. The highest BCUT2D eigenvalue weighted by molar-refractivity contribution is 5.07. The quantitative estimate of drug-likeness (QED) is 0.770. The van der Waals surface area contributed by atoms with Gasteiger partial charge in [0.2, 0.25) is 0 Å². The van der Waals surface area contributed by atoms with Crippen molar-refractivity contribution in [1.29, 1.82) is 0 Å². The van der Waals surface area contributed by atoms with E-state index in [4.69, 9.17) is 4.42 Å². The molecule has 1 rings (SSSR count). The second-order valence-corrected chi connectivity index (χ2v) is 5.57. The van der Waals surface area contributed by atoms with Crippen molar-refractivity contribution in [2.75, 3.05) is 13.6 Å². The van der Waals surface area contributed by atoms with Gasteiger partial charge in [-0.25, -0.2) is 0 Å². The molecule has 0 aliphatic rings. The molecule has 3 heteroatoms. The highest BCUT2D eigenvalue weighted by atomic mass is 16.3. The molecule has 1 N–H and O–H groups in total. The summed E-state index contributed by atoms with van der Waals surface area (Å²) in [6, 6.07) is 4.76. The Labute approximate surface area is 112 Å². The maximum Gasteiger partial charge on any atom is 0.118 e. The number of nitrogens with zero attached hydrogens (tertiary/aromatic N) is 1. The van der Waals surface area contributed by atoms with Crippen LogP contribution >= 0.6 is 0 Å². The van der Waals surface area contributed by atoms with Crippen LogP contribution in [0.4, 0.5) is 0 Å². The van der Waals surface area contributed by atoms with Gasteiger partial charge in [-0.15, -0.1) is 0 Å². The Morgan fingerprint density at radius 2 is 1.89 bits per heavy atom. The largest absolute Gasteiger partial charge is 0.463 e. The van der Waals surface area contributed by atoms with E-state index < -0.39 is 0 Å². The average molecular weight is 252 g/mol. The van der Waals surface area contributed by atoms with Crippen LogP contribution in [0.5, 0.6) is 0 Å². The summed E-state index contributed by atoms with van der Waals surface area (Å²) in [5, 5.41) is 3.39. The van der Waals surface area contributed by atoms with Gasteiger partial charge in [0.05, 0.1) is 13.1 Å². The lowest BCUT2D eigenvalue weighted by Gasteiger charge is -2.22. The van der Waals surface area contributed by atoms with Crippen molar-refractivity contribution in [2.24, 2.45) is 5.92 Å². The summed E-state index contributed by atoms with van der Waals surface area (Å²) in [5.74, 6) is 2.76. The first-order valence-electron chi connectivity index (χ1n) is 7.01. The monoisotopic (exact) mass is 252 g/mol. The minimum atomic E-state index is 0.595. The van der Waals surface area contributed by atoms with E-state index >= 15 is 0 Å². The fourth-order valence-corrected chi connectivity index (χ4v) is 1.80. The summed E-state index contributed by atoms with van der Waals surface area (Å²) in [6.45, 7) is 11.6. The Morgan fingerprint density at radius 1 is 1.22 bits per heavy atom. The standard InChI is InChI=1S/C15H28N2O/c1-6-13(4)17(5)11-15-8-7-14(18-15)10-16-9-12(2)3/h7-8,12-13,16H,6,9-11H2,1-5H3. The first kappa shape index (κ1) is 15.3. The van der Waals surface area contributed by atoms with Crippen molar-refractivity contribution in [3.63, 3.8) is 0 Å². The van der Waals surface area contributed by atoms with Crippen molar-refractivity contribution in [2.45, 2.75) is 53.2 Å². The van der Waals surface area contributed by atoms with Gasteiger partial charge in [0.25, 0.3) is 0 Å². The molecule has 0 radical (unpaired) electrons. The zero-order chi connectivity index (χ0) is 13.5. The molecule has 1 heterocycles. The molecule has 0 spiro atoms. The van der Waals surface area contributed by atoms with Crippen LogP contribution in [0, 0.1) is 5.92 Å². The molecule has 0 fully saturated rings. The van der Waals surface area contributed by atoms with E-state index in [9.17, 15) is 0 Å². The summed E-state index contributed by atoms with van der Waals surface area (Å²) in [5.41, 5.74) is 0. The fourth-order valence-electron chi connectivity index (χ4n) is 1.80. The van der Waals surface area contributed by atoms with Crippen LogP contribution in [0.25, 0.3) is 0 Å². The molecule has 0 aliphatic heterocycles. The maximum atomic E-state index is 5.83. The number of nitrogens with one attached hydrogen (secondary N) is 1. The van der Waals surface area contributed by atoms with Crippen LogP contribution in [0.15, 0.2) is 16.5 Å². The number of hydrogen-bond donors (Lipinski definition) is 1.